The first-order valence-corrected chi connectivity index (χ1v) is 4.86. The third-order valence-electron chi connectivity index (χ3n) is 1.43. The standard InChI is InChI=1S/C8H9O2P.Y/c9-11(10)7-6-8-4-2-1-3-5-8;/h1-5H,6-7H2;/p+1. The Bertz CT molecular complexity index is 238. The molecule has 2 nitrogen and oxygen atoms in total. The van der Waals surface area contributed by atoms with Gasteiger partial charge in [-0.3, -0.25) is 0 Å². The van der Waals surface area contributed by atoms with Crippen LogP contribution in [0.4, 0.5) is 0 Å². The zero-order valence-electron chi connectivity index (χ0n) is 6.68. The van der Waals surface area contributed by atoms with Gasteiger partial charge in [0, 0.05) is 39.1 Å². The van der Waals surface area contributed by atoms with Gasteiger partial charge < -0.3 is 0 Å². The Balaban J connectivity index is 0.00000121. The summed E-state index contributed by atoms with van der Waals surface area (Å²) in [4.78, 5) is 8.52. The van der Waals surface area contributed by atoms with Crippen LogP contribution in [0.2, 0.25) is 0 Å². The van der Waals surface area contributed by atoms with Gasteiger partial charge in [-0.15, -0.1) is 0 Å². The van der Waals surface area contributed by atoms with E-state index in [0.717, 1.165) is 5.56 Å². The molecular weight excluding hydrogens is 248 g/mol. The molecule has 0 aliphatic heterocycles. The topological polar surface area (TPSA) is 37.3 Å². The van der Waals surface area contributed by atoms with Gasteiger partial charge in [0.05, 0.1) is 0 Å². The minimum absolute atomic E-state index is 0. The van der Waals surface area contributed by atoms with Crippen molar-refractivity contribution in [1.29, 1.82) is 0 Å². The van der Waals surface area contributed by atoms with Crippen molar-refractivity contribution in [3.63, 3.8) is 0 Å². The Morgan fingerprint density at radius 3 is 2.33 bits per heavy atom. The molecule has 0 amide bonds. The SMILES string of the molecule is O=[P+](O)CCc1ccccc1.[Y]. The molecule has 1 radical (unpaired) electrons. The summed E-state index contributed by atoms with van der Waals surface area (Å²) in [5, 5.41) is 0. The smallest absolute Gasteiger partial charge is 0.161 e. The molecule has 0 saturated heterocycles. The zero-order valence-corrected chi connectivity index (χ0v) is 10.4. The van der Waals surface area contributed by atoms with E-state index >= 15 is 0 Å². The molecule has 0 saturated carbocycles. The summed E-state index contributed by atoms with van der Waals surface area (Å²) in [6, 6.07) is 9.71. The van der Waals surface area contributed by atoms with Gasteiger partial charge in [0.2, 0.25) is 0 Å². The molecule has 0 heterocycles. The fourth-order valence-corrected chi connectivity index (χ4v) is 1.32. The van der Waals surface area contributed by atoms with E-state index in [4.69, 9.17) is 4.89 Å². The Morgan fingerprint density at radius 1 is 1.25 bits per heavy atom. The van der Waals surface area contributed by atoms with E-state index in [1.807, 2.05) is 30.3 Å². The Morgan fingerprint density at radius 2 is 1.83 bits per heavy atom. The van der Waals surface area contributed by atoms with Crippen molar-refractivity contribution in [2.75, 3.05) is 6.16 Å². The Hall–Kier alpha value is 0.384. The van der Waals surface area contributed by atoms with Gasteiger partial charge in [0.15, 0.2) is 6.16 Å². The van der Waals surface area contributed by atoms with Crippen molar-refractivity contribution < 1.29 is 42.2 Å². The fourth-order valence-electron chi connectivity index (χ4n) is 0.869. The number of aryl methyl sites for hydroxylation is 1. The van der Waals surface area contributed by atoms with Crippen molar-refractivity contribution in [3.05, 3.63) is 35.9 Å². The first-order chi connectivity index (χ1) is 5.29. The molecule has 1 N–H and O–H groups in total. The number of hydrogen-bond acceptors (Lipinski definition) is 1. The molecule has 12 heavy (non-hydrogen) atoms. The first-order valence-electron chi connectivity index (χ1n) is 3.46. The molecule has 4 heteroatoms. The molecule has 1 aromatic carbocycles. The molecule has 1 aromatic rings. The van der Waals surface area contributed by atoms with Gasteiger partial charge in [-0.05, 0) is 10.1 Å². The minimum Gasteiger partial charge on any atom is -0.161 e. The molecule has 0 aliphatic rings. The van der Waals surface area contributed by atoms with Crippen LogP contribution in [0.1, 0.15) is 5.56 Å². The van der Waals surface area contributed by atoms with Crippen molar-refractivity contribution >= 4 is 8.03 Å². The van der Waals surface area contributed by atoms with Gasteiger partial charge in [-0.25, -0.2) is 0 Å². The second-order valence-corrected chi connectivity index (χ2v) is 3.46. The Labute approximate surface area is 98.1 Å². The summed E-state index contributed by atoms with van der Waals surface area (Å²) in [6.45, 7) is 0. The first kappa shape index (κ1) is 12.4. The maximum absolute atomic E-state index is 10.3. The molecular formula is C8H10O2PY+. The van der Waals surface area contributed by atoms with Crippen molar-refractivity contribution in [1.82, 2.24) is 0 Å². The second kappa shape index (κ2) is 6.85. The summed E-state index contributed by atoms with van der Waals surface area (Å²) in [7, 11) is -1.97. The molecule has 1 atom stereocenters. The van der Waals surface area contributed by atoms with E-state index in [1.54, 1.807) is 0 Å². The molecule has 0 aromatic heterocycles. The van der Waals surface area contributed by atoms with Crippen LogP contribution in [0.5, 0.6) is 0 Å². The van der Waals surface area contributed by atoms with Crippen LogP contribution in [0.3, 0.4) is 0 Å². The van der Waals surface area contributed by atoms with Crippen molar-refractivity contribution in [2.24, 2.45) is 0 Å². The van der Waals surface area contributed by atoms with Crippen LogP contribution in [0.15, 0.2) is 30.3 Å². The minimum atomic E-state index is -1.97. The van der Waals surface area contributed by atoms with Gasteiger partial charge in [0.1, 0.15) is 0 Å². The third-order valence-corrected chi connectivity index (χ3v) is 2.04. The van der Waals surface area contributed by atoms with E-state index in [9.17, 15) is 4.57 Å². The summed E-state index contributed by atoms with van der Waals surface area (Å²) in [5.41, 5.74) is 1.12. The van der Waals surface area contributed by atoms with Crippen LogP contribution in [-0.4, -0.2) is 11.1 Å². The average molecular weight is 258 g/mol. The summed E-state index contributed by atoms with van der Waals surface area (Å²) in [5.74, 6) is 0. The van der Waals surface area contributed by atoms with Crippen LogP contribution in [-0.2, 0) is 43.7 Å². The van der Waals surface area contributed by atoms with Crippen molar-refractivity contribution in [2.45, 2.75) is 6.42 Å². The van der Waals surface area contributed by atoms with E-state index < -0.39 is 8.03 Å². The maximum Gasteiger partial charge on any atom is 0.505 e. The zero-order chi connectivity index (χ0) is 8.10. The Kier molecular flexibility index (Phi) is 7.07. The van der Waals surface area contributed by atoms with E-state index in [-0.39, 0.29) is 32.7 Å². The number of hydrogen-bond donors (Lipinski definition) is 1. The quantitative estimate of drug-likeness (QED) is 0.841. The predicted molar refractivity (Wildman–Crippen MR) is 44.8 cm³/mol. The molecule has 61 valence electrons. The molecule has 1 rings (SSSR count). The van der Waals surface area contributed by atoms with Crippen molar-refractivity contribution in [3.8, 4) is 0 Å². The van der Waals surface area contributed by atoms with Gasteiger partial charge in [-0.1, -0.05) is 30.3 Å². The van der Waals surface area contributed by atoms with Crippen LogP contribution < -0.4 is 0 Å². The van der Waals surface area contributed by atoms with Crippen LogP contribution in [0, 0.1) is 0 Å². The van der Waals surface area contributed by atoms with Crippen LogP contribution in [0.25, 0.3) is 0 Å². The van der Waals surface area contributed by atoms with Crippen LogP contribution >= 0.6 is 8.03 Å². The fraction of sp³-hybridized carbons (Fsp3) is 0.250. The van der Waals surface area contributed by atoms with E-state index in [1.165, 1.54) is 0 Å². The third kappa shape index (κ3) is 5.10. The van der Waals surface area contributed by atoms with Gasteiger partial charge >= 0.3 is 8.03 Å². The summed E-state index contributed by atoms with van der Waals surface area (Å²) >= 11 is 0. The summed E-state index contributed by atoms with van der Waals surface area (Å²) < 4.78 is 10.3. The largest absolute Gasteiger partial charge is 0.505 e. The molecule has 0 spiro atoms. The number of benzene rings is 1. The molecule has 0 aliphatic carbocycles. The monoisotopic (exact) mass is 258 g/mol. The van der Waals surface area contributed by atoms with E-state index in [2.05, 4.69) is 0 Å². The number of rotatable bonds is 3. The maximum atomic E-state index is 10.3. The molecule has 1 unspecified atom stereocenters. The second-order valence-electron chi connectivity index (χ2n) is 2.31. The van der Waals surface area contributed by atoms with E-state index in [0.29, 0.717) is 12.6 Å². The molecule has 0 bridgehead atoms. The normalized spacial score (nSPS) is 10.2. The van der Waals surface area contributed by atoms with Gasteiger partial charge in [-0.2, -0.15) is 4.89 Å². The average Bonchev–Trinajstić information content (AvgIpc) is 2.03. The van der Waals surface area contributed by atoms with Gasteiger partial charge in [0.25, 0.3) is 0 Å². The summed E-state index contributed by atoms with van der Waals surface area (Å²) in [6.07, 6.45) is 1.05. The predicted octanol–water partition coefficient (Wildman–Crippen LogP) is 1.96. The molecule has 0 fully saturated rings.